The first-order valence-corrected chi connectivity index (χ1v) is 9.18. The highest BCUT2D eigenvalue weighted by Gasteiger charge is 2.10. The first-order chi connectivity index (χ1) is 12.6. The molecule has 0 radical (unpaired) electrons. The van der Waals surface area contributed by atoms with Crippen LogP contribution in [0.2, 0.25) is 0 Å². The van der Waals surface area contributed by atoms with Crippen molar-refractivity contribution in [3.8, 4) is 23.0 Å². The predicted molar refractivity (Wildman–Crippen MR) is 111 cm³/mol. The van der Waals surface area contributed by atoms with Crippen molar-refractivity contribution in [1.29, 1.82) is 0 Å². The normalized spacial score (nSPS) is 10.7. The Kier molecular flexibility index (Phi) is 7.83. The molecule has 0 saturated carbocycles. The maximum Gasteiger partial charge on any atom is 0.174 e. The van der Waals surface area contributed by atoms with Crippen LogP contribution in [0.25, 0.3) is 0 Å². The molecule has 0 atom stereocenters. The van der Waals surface area contributed by atoms with Crippen molar-refractivity contribution in [2.75, 3.05) is 27.9 Å². The lowest BCUT2D eigenvalue weighted by Gasteiger charge is -2.12. The SMILES string of the molecule is CCOc1cc(/C=N\NCc2ccc(OC)c(OC)c2)cc(I)c1OC. The van der Waals surface area contributed by atoms with Gasteiger partial charge in [-0.25, -0.2) is 0 Å². The van der Waals surface area contributed by atoms with Crippen molar-refractivity contribution < 1.29 is 18.9 Å². The van der Waals surface area contributed by atoms with Gasteiger partial charge in [0.15, 0.2) is 23.0 Å². The second-order valence-corrected chi connectivity index (χ2v) is 6.41. The van der Waals surface area contributed by atoms with Crippen LogP contribution in [0, 0.1) is 3.57 Å². The number of benzene rings is 2. The number of hydrogen-bond acceptors (Lipinski definition) is 6. The van der Waals surface area contributed by atoms with Crippen molar-refractivity contribution in [3.63, 3.8) is 0 Å². The van der Waals surface area contributed by atoms with Gasteiger partial charge in [-0.2, -0.15) is 5.10 Å². The van der Waals surface area contributed by atoms with Gasteiger partial charge < -0.3 is 24.4 Å². The molecule has 0 heterocycles. The highest BCUT2D eigenvalue weighted by Crippen LogP contribution is 2.33. The Labute approximate surface area is 167 Å². The lowest BCUT2D eigenvalue weighted by Crippen LogP contribution is -2.06. The third-order valence-electron chi connectivity index (χ3n) is 3.57. The van der Waals surface area contributed by atoms with Crippen molar-refractivity contribution >= 4 is 28.8 Å². The fraction of sp³-hybridized carbons (Fsp3) is 0.316. The molecule has 0 aliphatic heterocycles. The molecule has 0 fully saturated rings. The molecule has 140 valence electrons. The van der Waals surface area contributed by atoms with Crippen LogP contribution in [-0.2, 0) is 6.54 Å². The van der Waals surface area contributed by atoms with Crippen LogP contribution in [0.15, 0.2) is 35.4 Å². The van der Waals surface area contributed by atoms with Crippen LogP contribution in [0.3, 0.4) is 0 Å². The van der Waals surface area contributed by atoms with Gasteiger partial charge >= 0.3 is 0 Å². The summed E-state index contributed by atoms with van der Waals surface area (Å²) in [6.45, 7) is 3.09. The minimum Gasteiger partial charge on any atom is -0.493 e. The lowest BCUT2D eigenvalue weighted by atomic mass is 10.2. The smallest absolute Gasteiger partial charge is 0.174 e. The molecule has 6 nitrogen and oxygen atoms in total. The summed E-state index contributed by atoms with van der Waals surface area (Å²) < 4.78 is 22.5. The third kappa shape index (κ3) is 5.17. The summed E-state index contributed by atoms with van der Waals surface area (Å²) >= 11 is 2.22. The van der Waals surface area contributed by atoms with Gasteiger partial charge in [0.25, 0.3) is 0 Å². The molecular formula is C19H23IN2O4. The number of nitrogens with one attached hydrogen (secondary N) is 1. The molecule has 0 amide bonds. The standard InChI is InChI=1S/C19H23IN2O4/c1-5-26-18-10-14(8-15(20)19(18)25-4)12-22-21-11-13-6-7-16(23-2)17(9-13)24-3/h6-10,12,21H,5,11H2,1-4H3/b22-12-. The van der Waals surface area contributed by atoms with Crippen LogP contribution < -0.4 is 24.4 Å². The molecule has 0 saturated heterocycles. The average Bonchev–Trinajstić information content (AvgIpc) is 2.65. The van der Waals surface area contributed by atoms with Crippen LogP contribution in [0.5, 0.6) is 23.0 Å². The summed E-state index contributed by atoms with van der Waals surface area (Å²) in [6, 6.07) is 9.66. The third-order valence-corrected chi connectivity index (χ3v) is 4.37. The van der Waals surface area contributed by atoms with Gasteiger partial charge in [-0.1, -0.05) is 6.07 Å². The van der Waals surface area contributed by atoms with Gasteiger partial charge in [0.2, 0.25) is 0 Å². The Bertz CT molecular complexity index is 765. The fourth-order valence-electron chi connectivity index (χ4n) is 2.37. The Morgan fingerprint density at radius 3 is 2.42 bits per heavy atom. The van der Waals surface area contributed by atoms with E-state index in [1.54, 1.807) is 27.5 Å². The van der Waals surface area contributed by atoms with Crippen molar-refractivity contribution in [1.82, 2.24) is 5.43 Å². The molecule has 0 aromatic heterocycles. The summed E-state index contributed by atoms with van der Waals surface area (Å²) in [5, 5.41) is 4.29. The number of hydrazone groups is 1. The van der Waals surface area contributed by atoms with E-state index in [0.717, 1.165) is 20.4 Å². The highest BCUT2D eigenvalue weighted by atomic mass is 127. The van der Waals surface area contributed by atoms with Crippen LogP contribution in [-0.4, -0.2) is 34.2 Å². The first kappa shape index (κ1) is 20.2. The number of rotatable bonds is 9. The van der Waals surface area contributed by atoms with Crippen molar-refractivity contribution in [3.05, 3.63) is 45.0 Å². The van der Waals surface area contributed by atoms with Crippen molar-refractivity contribution in [2.24, 2.45) is 5.10 Å². The zero-order valence-electron chi connectivity index (χ0n) is 15.3. The van der Waals surface area contributed by atoms with E-state index in [-0.39, 0.29) is 0 Å². The zero-order valence-corrected chi connectivity index (χ0v) is 17.5. The summed E-state index contributed by atoms with van der Waals surface area (Å²) in [6.07, 6.45) is 1.75. The second kappa shape index (κ2) is 10.1. The van der Waals surface area contributed by atoms with Gasteiger partial charge in [-0.3, -0.25) is 0 Å². The van der Waals surface area contributed by atoms with E-state index >= 15 is 0 Å². The summed E-state index contributed by atoms with van der Waals surface area (Å²) in [4.78, 5) is 0. The lowest BCUT2D eigenvalue weighted by molar-refractivity contribution is 0.309. The van der Waals surface area contributed by atoms with E-state index < -0.39 is 0 Å². The van der Waals surface area contributed by atoms with Crippen LogP contribution in [0.1, 0.15) is 18.1 Å². The molecule has 0 bridgehead atoms. The van der Waals surface area contributed by atoms with E-state index in [9.17, 15) is 0 Å². The Morgan fingerprint density at radius 2 is 1.77 bits per heavy atom. The highest BCUT2D eigenvalue weighted by molar-refractivity contribution is 14.1. The summed E-state index contributed by atoms with van der Waals surface area (Å²) in [5.41, 5.74) is 5.01. The number of methoxy groups -OCH3 is 3. The molecule has 1 N–H and O–H groups in total. The maximum absolute atomic E-state index is 5.63. The molecule has 2 aromatic carbocycles. The maximum atomic E-state index is 5.63. The minimum absolute atomic E-state index is 0.572. The number of hydrogen-bond donors (Lipinski definition) is 1. The van der Waals surface area contributed by atoms with Gasteiger partial charge in [-0.15, -0.1) is 0 Å². The topological polar surface area (TPSA) is 61.3 Å². The molecular weight excluding hydrogens is 447 g/mol. The molecule has 7 heteroatoms. The fourth-order valence-corrected chi connectivity index (χ4v) is 3.22. The van der Waals surface area contributed by atoms with E-state index in [1.807, 2.05) is 37.3 Å². The molecule has 26 heavy (non-hydrogen) atoms. The van der Waals surface area contributed by atoms with E-state index in [1.165, 1.54) is 0 Å². The minimum atomic E-state index is 0.572. The summed E-state index contributed by atoms with van der Waals surface area (Å²) in [7, 11) is 4.87. The molecule has 0 spiro atoms. The van der Waals surface area contributed by atoms with E-state index in [0.29, 0.717) is 30.4 Å². The van der Waals surface area contributed by atoms with Crippen LogP contribution >= 0.6 is 22.6 Å². The summed E-state index contributed by atoms with van der Waals surface area (Å²) in [5.74, 6) is 2.85. The van der Waals surface area contributed by atoms with E-state index in [4.69, 9.17) is 18.9 Å². The molecule has 0 aliphatic carbocycles. The molecule has 2 aromatic rings. The monoisotopic (exact) mass is 470 g/mol. The number of ether oxygens (including phenoxy) is 4. The Morgan fingerprint density at radius 1 is 1.00 bits per heavy atom. The molecule has 0 aliphatic rings. The van der Waals surface area contributed by atoms with Gasteiger partial charge in [0, 0.05) is 0 Å². The second-order valence-electron chi connectivity index (χ2n) is 5.25. The zero-order chi connectivity index (χ0) is 18.9. The van der Waals surface area contributed by atoms with Gasteiger partial charge in [-0.05, 0) is 64.9 Å². The Hall–Kier alpha value is -2.16. The van der Waals surface area contributed by atoms with E-state index in [2.05, 4.69) is 33.1 Å². The Balaban J connectivity index is 2.04. The molecule has 0 unspecified atom stereocenters. The van der Waals surface area contributed by atoms with Crippen molar-refractivity contribution in [2.45, 2.75) is 13.5 Å². The van der Waals surface area contributed by atoms with Gasteiger partial charge in [0.05, 0.1) is 44.3 Å². The number of nitrogens with zero attached hydrogens (tertiary/aromatic N) is 1. The van der Waals surface area contributed by atoms with Crippen LogP contribution in [0.4, 0.5) is 0 Å². The number of halogens is 1. The largest absolute Gasteiger partial charge is 0.493 e. The average molecular weight is 470 g/mol. The first-order valence-electron chi connectivity index (χ1n) is 8.10. The van der Waals surface area contributed by atoms with Gasteiger partial charge in [0.1, 0.15) is 0 Å². The predicted octanol–water partition coefficient (Wildman–Crippen LogP) is 3.84. The molecule has 2 rings (SSSR count). The quantitative estimate of drug-likeness (QED) is 0.343.